The van der Waals surface area contributed by atoms with Crippen LogP contribution in [0.5, 0.6) is 0 Å². The SMILES string of the molecule is c1cc2ccc(CN3CCC4(CCCC4)C3)nc2[nH]1. The Kier molecular flexibility index (Phi) is 2.62. The van der Waals surface area contributed by atoms with E-state index in [4.69, 9.17) is 4.98 Å². The molecular weight excluding hydrogens is 234 g/mol. The van der Waals surface area contributed by atoms with Crippen molar-refractivity contribution in [3.05, 3.63) is 30.1 Å². The van der Waals surface area contributed by atoms with Crippen molar-refractivity contribution in [2.75, 3.05) is 13.1 Å². The summed E-state index contributed by atoms with van der Waals surface area (Å²) in [4.78, 5) is 10.5. The maximum absolute atomic E-state index is 4.72. The highest BCUT2D eigenvalue weighted by molar-refractivity contribution is 5.75. The first-order valence-corrected chi connectivity index (χ1v) is 7.49. The Hall–Kier alpha value is -1.35. The highest BCUT2D eigenvalue weighted by atomic mass is 15.2. The number of likely N-dealkylation sites (tertiary alicyclic amines) is 1. The maximum Gasteiger partial charge on any atom is 0.137 e. The minimum atomic E-state index is 0.663. The summed E-state index contributed by atoms with van der Waals surface area (Å²) in [5, 5.41) is 1.21. The quantitative estimate of drug-likeness (QED) is 0.892. The van der Waals surface area contributed by atoms with E-state index in [2.05, 4.69) is 28.1 Å². The van der Waals surface area contributed by atoms with Gasteiger partial charge >= 0.3 is 0 Å². The van der Waals surface area contributed by atoms with Gasteiger partial charge in [-0.1, -0.05) is 12.8 Å². The molecule has 0 amide bonds. The van der Waals surface area contributed by atoms with Crippen LogP contribution in [0.25, 0.3) is 11.0 Å². The van der Waals surface area contributed by atoms with Crippen molar-refractivity contribution in [1.29, 1.82) is 0 Å². The van der Waals surface area contributed by atoms with Crippen LogP contribution in [0, 0.1) is 5.41 Å². The monoisotopic (exact) mass is 255 g/mol. The first-order valence-electron chi connectivity index (χ1n) is 7.49. The first-order chi connectivity index (χ1) is 9.33. The summed E-state index contributed by atoms with van der Waals surface area (Å²) in [6, 6.07) is 6.43. The molecule has 100 valence electrons. The van der Waals surface area contributed by atoms with Gasteiger partial charge < -0.3 is 4.98 Å². The van der Waals surface area contributed by atoms with Crippen LogP contribution in [0.15, 0.2) is 24.4 Å². The summed E-state index contributed by atoms with van der Waals surface area (Å²) in [6.07, 6.45) is 9.16. The molecule has 0 bridgehead atoms. The minimum Gasteiger partial charge on any atom is -0.346 e. The standard InChI is InChI=1S/C16H21N3/c1-2-7-16(6-1)8-10-19(12-16)11-14-4-3-13-5-9-17-15(13)18-14/h3-5,9H,1-2,6-8,10-12H2,(H,17,18). The largest absolute Gasteiger partial charge is 0.346 e. The number of hydrogen-bond acceptors (Lipinski definition) is 2. The van der Waals surface area contributed by atoms with Gasteiger partial charge in [-0.3, -0.25) is 4.90 Å². The number of H-pyrrole nitrogens is 1. The third-order valence-corrected chi connectivity index (χ3v) is 5.03. The summed E-state index contributed by atoms with van der Waals surface area (Å²) in [6.45, 7) is 3.55. The van der Waals surface area contributed by atoms with Crippen molar-refractivity contribution in [1.82, 2.24) is 14.9 Å². The Balaban J connectivity index is 1.49. The van der Waals surface area contributed by atoms with Gasteiger partial charge in [0.05, 0.1) is 5.69 Å². The smallest absolute Gasteiger partial charge is 0.137 e. The molecule has 1 aliphatic carbocycles. The van der Waals surface area contributed by atoms with Crippen molar-refractivity contribution in [2.24, 2.45) is 5.41 Å². The zero-order valence-corrected chi connectivity index (χ0v) is 11.4. The third-order valence-electron chi connectivity index (χ3n) is 5.03. The number of fused-ring (bicyclic) bond motifs is 1. The van der Waals surface area contributed by atoms with Gasteiger partial charge in [-0.25, -0.2) is 4.98 Å². The molecule has 1 saturated heterocycles. The van der Waals surface area contributed by atoms with Gasteiger partial charge in [0.15, 0.2) is 0 Å². The van der Waals surface area contributed by atoms with E-state index in [-0.39, 0.29) is 0 Å². The molecule has 2 aliphatic rings. The Morgan fingerprint density at radius 1 is 1.16 bits per heavy atom. The van der Waals surface area contributed by atoms with E-state index in [0.717, 1.165) is 12.2 Å². The number of hydrogen-bond donors (Lipinski definition) is 1. The lowest BCUT2D eigenvalue weighted by Gasteiger charge is -2.23. The van der Waals surface area contributed by atoms with Crippen molar-refractivity contribution < 1.29 is 0 Å². The summed E-state index contributed by atoms with van der Waals surface area (Å²) in [7, 11) is 0. The number of pyridine rings is 1. The Morgan fingerprint density at radius 2 is 2.05 bits per heavy atom. The second kappa shape index (κ2) is 4.34. The average molecular weight is 255 g/mol. The molecule has 19 heavy (non-hydrogen) atoms. The molecule has 0 radical (unpaired) electrons. The molecule has 3 heterocycles. The molecule has 0 unspecified atom stereocenters. The Bertz CT molecular complexity index is 580. The summed E-state index contributed by atoms with van der Waals surface area (Å²) >= 11 is 0. The molecule has 0 atom stereocenters. The van der Waals surface area contributed by atoms with Crippen molar-refractivity contribution in [2.45, 2.75) is 38.6 Å². The molecule has 1 spiro atoms. The van der Waals surface area contributed by atoms with E-state index < -0.39 is 0 Å². The van der Waals surface area contributed by atoms with Gasteiger partial charge in [-0.05, 0) is 49.4 Å². The molecule has 1 saturated carbocycles. The second-order valence-electron chi connectivity index (χ2n) is 6.39. The second-order valence-corrected chi connectivity index (χ2v) is 6.39. The first kappa shape index (κ1) is 11.5. The predicted octanol–water partition coefficient (Wildman–Crippen LogP) is 3.33. The highest BCUT2D eigenvalue weighted by Crippen LogP contribution is 2.45. The van der Waals surface area contributed by atoms with Crippen LogP contribution in [0.3, 0.4) is 0 Å². The van der Waals surface area contributed by atoms with Crippen molar-refractivity contribution >= 4 is 11.0 Å². The molecular formula is C16H21N3. The van der Waals surface area contributed by atoms with Crippen LogP contribution in [0.4, 0.5) is 0 Å². The highest BCUT2D eigenvalue weighted by Gasteiger charge is 2.39. The van der Waals surface area contributed by atoms with E-state index in [9.17, 15) is 0 Å². The molecule has 3 nitrogen and oxygen atoms in total. The van der Waals surface area contributed by atoms with E-state index in [0.29, 0.717) is 5.41 Å². The molecule has 2 aromatic rings. The van der Waals surface area contributed by atoms with E-state index in [1.54, 1.807) is 0 Å². The Labute approximate surface area is 114 Å². The third kappa shape index (κ3) is 2.06. The van der Waals surface area contributed by atoms with Gasteiger partial charge in [0.2, 0.25) is 0 Å². The van der Waals surface area contributed by atoms with Crippen LogP contribution in [0.2, 0.25) is 0 Å². The molecule has 2 fully saturated rings. The zero-order valence-electron chi connectivity index (χ0n) is 11.4. The van der Waals surface area contributed by atoms with Gasteiger partial charge in [-0.2, -0.15) is 0 Å². The summed E-state index contributed by atoms with van der Waals surface area (Å²) in [5.41, 5.74) is 2.88. The van der Waals surface area contributed by atoms with Gasteiger partial charge in [0, 0.05) is 24.7 Å². The van der Waals surface area contributed by atoms with Crippen LogP contribution >= 0.6 is 0 Å². The number of nitrogens with one attached hydrogen (secondary N) is 1. The topological polar surface area (TPSA) is 31.9 Å². The fourth-order valence-corrected chi connectivity index (χ4v) is 3.98. The van der Waals surface area contributed by atoms with E-state index in [1.807, 2.05) is 6.20 Å². The molecule has 1 N–H and O–H groups in total. The number of aromatic nitrogens is 2. The fourth-order valence-electron chi connectivity index (χ4n) is 3.98. The normalized spacial score (nSPS) is 22.7. The minimum absolute atomic E-state index is 0.663. The average Bonchev–Trinajstić information content (AvgIpc) is 3.12. The van der Waals surface area contributed by atoms with Crippen LogP contribution in [-0.4, -0.2) is 28.0 Å². The van der Waals surface area contributed by atoms with Gasteiger partial charge in [0.1, 0.15) is 5.65 Å². The molecule has 1 aliphatic heterocycles. The lowest BCUT2D eigenvalue weighted by molar-refractivity contribution is 0.254. The number of nitrogens with zero attached hydrogens (tertiary/aromatic N) is 2. The summed E-state index contributed by atoms with van der Waals surface area (Å²) in [5.74, 6) is 0. The molecule has 2 aromatic heterocycles. The lowest BCUT2D eigenvalue weighted by atomic mass is 9.86. The van der Waals surface area contributed by atoms with E-state index in [1.165, 1.54) is 56.3 Å². The fraction of sp³-hybridized carbons (Fsp3) is 0.562. The zero-order chi connectivity index (χ0) is 12.7. The van der Waals surface area contributed by atoms with Gasteiger partial charge in [0.25, 0.3) is 0 Å². The van der Waals surface area contributed by atoms with Crippen LogP contribution in [-0.2, 0) is 6.54 Å². The molecule has 0 aromatic carbocycles. The van der Waals surface area contributed by atoms with Crippen LogP contribution < -0.4 is 0 Å². The lowest BCUT2D eigenvalue weighted by Crippen LogP contribution is -2.25. The number of aromatic amines is 1. The maximum atomic E-state index is 4.72. The van der Waals surface area contributed by atoms with Crippen molar-refractivity contribution in [3.8, 4) is 0 Å². The predicted molar refractivity (Wildman–Crippen MR) is 76.9 cm³/mol. The Morgan fingerprint density at radius 3 is 2.95 bits per heavy atom. The molecule has 3 heteroatoms. The van der Waals surface area contributed by atoms with Crippen molar-refractivity contribution in [3.63, 3.8) is 0 Å². The molecule has 4 rings (SSSR count). The van der Waals surface area contributed by atoms with Gasteiger partial charge in [-0.15, -0.1) is 0 Å². The van der Waals surface area contributed by atoms with Crippen LogP contribution in [0.1, 0.15) is 37.8 Å². The summed E-state index contributed by atoms with van der Waals surface area (Å²) < 4.78 is 0. The number of rotatable bonds is 2. The van der Waals surface area contributed by atoms with E-state index >= 15 is 0 Å².